The van der Waals surface area contributed by atoms with Crippen LogP contribution < -0.4 is 10.6 Å². The van der Waals surface area contributed by atoms with Gasteiger partial charge in [-0.3, -0.25) is 14.4 Å². The fourth-order valence-corrected chi connectivity index (χ4v) is 3.66. The van der Waals surface area contributed by atoms with E-state index in [4.69, 9.17) is 4.74 Å². The lowest BCUT2D eigenvalue weighted by Gasteiger charge is -2.19. The molecular weight excluding hydrogens is 414 g/mol. The Labute approximate surface area is 184 Å². The number of ether oxygens (including phenoxy) is 1. The van der Waals surface area contributed by atoms with Crippen molar-refractivity contribution >= 4 is 34.3 Å². The minimum absolute atomic E-state index is 0.0371. The van der Waals surface area contributed by atoms with Crippen molar-refractivity contribution in [1.29, 1.82) is 0 Å². The number of carbonyl (C=O) groups is 3. The van der Waals surface area contributed by atoms with Crippen LogP contribution in [0, 0.1) is 0 Å². The zero-order chi connectivity index (χ0) is 22.1. The third-order valence-electron chi connectivity index (χ3n) is 4.36. The Kier molecular flexibility index (Phi) is 7.89. The number of thiazole rings is 1. The molecule has 0 saturated carbocycles. The first-order chi connectivity index (χ1) is 15.0. The Hall–Kier alpha value is -3.52. The van der Waals surface area contributed by atoms with E-state index >= 15 is 0 Å². The van der Waals surface area contributed by atoms with Crippen LogP contribution in [0.5, 0.6) is 0 Å². The zero-order valence-electron chi connectivity index (χ0n) is 17.0. The normalized spacial score (nSPS) is 11.4. The molecule has 2 N–H and O–H groups in total. The van der Waals surface area contributed by atoms with Gasteiger partial charge in [-0.05, 0) is 24.6 Å². The summed E-state index contributed by atoms with van der Waals surface area (Å²) in [6.45, 7) is 2.05. The van der Waals surface area contributed by atoms with Gasteiger partial charge >= 0.3 is 5.97 Å². The SMILES string of the molecule is CCOC(=O)Cc1csc(NC(=O)CC(NC(=O)c2ccccc2)c2ccccc2)n1. The van der Waals surface area contributed by atoms with Crippen LogP contribution in [-0.2, 0) is 20.7 Å². The van der Waals surface area contributed by atoms with Crippen LogP contribution in [0.25, 0.3) is 0 Å². The summed E-state index contributed by atoms with van der Waals surface area (Å²) in [5.74, 6) is -0.911. The molecule has 1 heterocycles. The molecule has 7 nitrogen and oxygen atoms in total. The summed E-state index contributed by atoms with van der Waals surface area (Å²) in [5.41, 5.74) is 1.88. The van der Waals surface area contributed by atoms with Crippen molar-refractivity contribution in [2.45, 2.75) is 25.8 Å². The van der Waals surface area contributed by atoms with Gasteiger partial charge in [-0.2, -0.15) is 0 Å². The number of benzene rings is 2. The number of nitrogens with zero attached hydrogens (tertiary/aromatic N) is 1. The molecule has 2 aromatic carbocycles. The molecule has 3 aromatic rings. The standard InChI is InChI=1S/C23H23N3O4S/c1-2-30-21(28)13-18-15-31-23(24-18)26-20(27)14-19(16-9-5-3-6-10-16)25-22(29)17-11-7-4-8-12-17/h3-12,15,19H,2,13-14H2,1H3,(H,25,29)(H,24,26,27). The van der Waals surface area contributed by atoms with Gasteiger partial charge < -0.3 is 15.4 Å². The molecule has 160 valence electrons. The highest BCUT2D eigenvalue weighted by molar-refractivity contribution is 7.13. The number of hydrogen-bond acceptors (Lipinski definition) is 6. The molecule has 0 aliphatic heterocycles. The molecule has 0 aliphatic rings. The average molecular weight is 438 g/mol. The van der Waals surface area contributed by atoms with E-state index in [1.807, 2.05) is 36.4 Å². The molecule has 2 amide bonds. The van der Waals surface area contributed by atoms with E-state index in [1.165, 1.54) is 11.3 Å². The van der Waals surface area contributed by atoms with Crippen LogP contribution in [0.3, 0.4) is 0 Å². The summed E-state index contributed by atoms with van der Waals surface area (Å²) >= 11 is 1.23. The molecule has 0 aliphatic carbocycles. The number of rotatable bonds is 9. The van der Waals surface area contributed by atoms with Crippen LogP contribution in [0.15, 0.2) is 66.0 Å². The Balaban J connectivity index is 1.65. The fraction of sp³-hybridized carbons (Fsp3) is 0.217. The maximum atomic E-state index is 12.7. The Morgan fingerprint density at radius 2 is 1.71 bits per heavy atom. The lowest BCUT2D eigenvalue weighted by molar-refractivity contribution is -0.142. The molecule has 1 unspecified atom stereocenters. The first-order valence-corrected chi connectivity index (χ1v) is 10.7. The lowest BCUT2D eigenvalue weighted by Crippen LogP contribution is -2.31. The van der Waals surface area contributed by atoms with Crippen molar-refractivity contribution in [2.24, 2.45) is 0 Å². The highest BCUT2D eigenvalue weighted by Gasteiger charge is 2.20. The summed E-state index contributed by atoms with van der Waals surface area (Å²) in [7, 11) is 0. The van der Waals surface area contributed by atoms with Gasteiger partial charge in [0.25, 0.3) is 5.91 Å². The molecule has 0 radical (unpaired) electrons. The number of nitrogens with one attached hydrogen (secondary N) is 2. The van der Waals surface area contributed by atoms with Crippen LogP contribution >= 0.6 is 11.3 Å². The van der Waals surface area contributed by atoms with Crippen LogP contribution in [-0.4, -0.2) is 29.4 Å². The monoisotopic (exact) mass is 437 g/mol. The van der Waals surface area contributed by atoms with E-state index in [1.54, 1.807) is 36.6 Å². The van der Waals surface area contributed by atoms with Gasteiger partial charge in [0.05, 0.1) is 31.2 Å². The number of amides is 2. The van der Waals surface area contributed by atoms with Crippen molar-refractivity contribution in [3.63, 3.8) is 0 Å². The predicted octanol–water partition coefficient (Wildman–Crippen LogP) is 3.75. The third kappa shape index (κ3) is 6.75. The average Bonchev–Trinajstić information content (AvgIpc) is 3.21. The fourth-order valence-electron chi connectivity index (χ4n) is 2.93. The Morgan fingerprint density at radius 1 is 1.03 bits per heavy atom. The van der Waals surface area contributed by atoms with Crippen molar-refractivity contribution in [2.75, 3.05) is 11.9 Å². The first kappa shape index (κ1) is 22.2. The number of aromatic nitrogens is 1. The predicted molar refractivity (Wildman–Crippen MR) is 119 cm³/mol. The summed E-state index contributed by atoms with van der Waals surface area (Å²) in [6, 6.07) is 17.7. The Morgan fingerprint density at radius 3 is 2.39 bits per heavy atom. The Bertz CT molecular complexity index is 1020. The largest absolute Gasteiger partial charge is 0.466 e. The number of anilines is 1. The molecule has 0 spiro atoms. The second kappa shape index (κ2) is 11.0. The van der Waals surface area contributed by atoms with Crippen molar-refractivity contribution < 1.29 is 19.1 Å². The van der Waals surface area contributed by atoms with Gasteiger partial charge in [-0.25, -0.2) is 4.98 Å². The van der Waals surface area contributed by atoms with E-state index in [-0.39, 0.29) is 30.6 Å². The van der Waals surface area contributed by atoms with Crippen LogP contribution in [0.4, 0.5) is 5.13 Å². The molecular formula is C23H23N3O4S. The van der Waals surface area contributed by atoms with Crippen molar-refractivity contribution in [1.82, 2.24) is 10.3 Å². The van der Waals surface area contributed by atoms with Gasteiger partial charge in [0, 0.05) is 10.9 Å². The lowest BCUT2D eigenvalue weighted by atomic mass is 10.0. The second-order valence-corrected chi connectivity index (χ2v) is 7.54. The van der Waals surface area contributed by atoms with Gasteiger partial charge in [0.15, 0.2) is 5.13 Å². The van der Waals surface area contributed by atoms with Gasteiger partial charge in [0.2, 0.25) is 5.91 Å². The van der Waals surface area contributed by atoms with E-state index in [0.717, 1.165) is 5.56 Å². The molecule has 1 atom stereocenters. The van der Waals surface area contributed by atoms with Crippen LogP contribution in [0.2, 0.25) is 0 Å². The van der Waals surface area contributed by atoms with Gasteiger partial charge in [0.1, 0.15) is 0 Å². The zero-order valence-corrected chi connectivity index (χ0v) is 17.9. The molecule has 3 rings (SSSR count). The molecule has 0 saturated heterocycles. The third-order valence-corrected chi connectivity index (χ3v) is 5.17. The first-order valence-electron chi connectivity index (χ1n) is 9.86. The minimum atomic E-state index is -0.507. The molecule has 8 heteroatoms. The summed E-state index contributed by atoms with van der Waals surface area (Å²) < 4.78 is 4.91. The topological polar surface area (TPSA) is 97.4 Å². The summed E-state index contributed by atoms with van der Waals surface area (Å²) in [4.78, 5) is 41.1. The molecule has 1 aromatic heterocycles. The van der Waals surface area contributed by atoms with Crippen molar-refractivity contribution in [3.8, 4) is 0 Å². The maximum Gasteiger partial charge on any atom is 0.311 e. The highest BCUT2D eigenvalue weighted by Crippen LogP contribution is 2.21. The van der Waals surface area contributed by atoms with Crippen molar-refractivity contribution in [3.05, 3.63) is 82.9 Å². The van der Waals surface area contributed by atoms with Gasteiger partial charge in [-0.1, -0.05) is 48.5 Å². The quantitative estimate of drug-likeness (QED) is 0.497. The van der Waals surface area contributed by atoms with E-state index in [2.05, 4.69) is 15.6 Å². The molecule has 0 fully saturated rings. The maximum absolute atomic E-state index is 12.7. The molecule has 0 bridgehead atoms. The summed E-state index contributed by atoms with van der Waals surface area (Å²) in [6.07, 6.45) is 0.0926. The number of carbonyl (C=O) groups excluding carboxylic acids is 3. The number of esters is 1. The van der Waals surface area contributed by atoms with E-state index < -0.39 is 6.04 Å². The number of hydrogen-bond donors (Lipinski definition) is 2. The van der Waals surface area contributed by atoms with Gasteiger partial charge in [-0.15, -0.1) is 11.3 Å². The summed E-state index contributed by atoms with van der Waals surface area (Å²) in [5, 5.41) is 7.78. The molecule has 31 heavy (non-hydrogen) atoms. The van der Waals surface area contributed by atoms with Crippen LogP contribution in [0.1, 0.15) is 41.0 Å². The van der Waals surface area contributed by atoms with E-state index in [9.17, 15) is 14.4 Å². The second-order valence-electron chi connectivity index (χ2n) is 6.68. The smallest absolute Gasteiger partial charge is 0.311 e. The minimum Gasteiger partial charge on any atom is -0.466 e. The highest BCUT2D eigenvalue weighted by atomic mass is 32.1. The van der Waals surface area contributed by atoms with E-state index in [0.29, 0.717) is 23.0 Å².